The van der Waals surface area contributed by atoms with Gasteiger partial charge >= 0.3 is 0 Å². The Hall–Kier alpha value is -8.66. The number of furan rings is 1. The maximum Gasteiger partial charge on any atom is 0.145 e. The van der Waals surface area contributed by atoms with Gasteiger partial charge in [-0.3, -0.25) is 0 Å². The van der Waals surface area contributed by atoms with Crippen LogP contribution in [0.15, 0.2) is 246 Å². The van der Waals surface area contributed by atoms with E-state index >= 15 is 0 Å². The number of aromatic nitrogens is 1. The minimum absolute atomic E-state index is 0.262. The molecule has 0 spiro atoms. The first-order chi connectivity index (χ1) is 48.9. The fourth-order valence-corrected chi connectivity index (χ4v) is 7.35. The van der Waals surface area contributed by atoms with E-state index in [9.17, 15) is 27.4 Å². The molecule has 3 heteroatoms. The third-order valence-electron chi connectivity index (χ3n) is 10.2. The number of hydrogen-bond acceptors (Lipinski definition) is 2. The quantitative estimate of drug-likeness (QED) is 0.159. The minimum Gasteiger partial charge on any atom is -0.455 e. The number of hydrogen-bond donors (Lipinski definition) is 0. The fourth-order valence-electron chi connectivity index (χ4n) is 7.35. The van der Waals surface area contributed by atoms with Crippen LogP contribution in [0, 0.1) is 0 Å². The Labute approximate surface area is 432 Å². The molecule has 0 amide bonds. The third kappa shape index (κ3) is 6.12. The molecule has 0 unspecified atom stereocenters. The standard InChI is InChI=1S/C62H40N2O/c1-2-15-45-39-46(28-27-41(45)13-1)42-29-33-48(34-30-42)63(49-35-31-44(32-36-49)52-23-12-16-43-14-3-4-19-51(43)52)59-38-37-53(62-61(59)56-22-7-10-26-60(56)65-62)47-17-11-18-50(40-47)64-57-24-8-5-20-54(57)55-21-6-9-25-58(55)64/h1-40H/i1D,2D,3D,4D,5D,6D,7D,8D,9D,10D,11D,12D,13D,14D,15D,16D,17D,18D,19D,20D,21D,22D,23D,24D,25D,26D,27D,28D,29D,30D,31D,32D,33D,34D,35D,36D,37D,38D,39D,40D. The van der Waals surface area contributed by atoms with Crippen LogP contribution in [0.5, 0.6) is 0 Å². The molecule has 0 radical (unpaired) electrons. The minimum atomic E-state index is -1.46. The summed E-state index contributed by atoms with van der Waals surface area (Å²) in [7, 11) is 0. The van der Waals surface area contributed by atoms with E-state index in [1.165, 1.54) is 0 Å². The Balaban J connectivity index is 1.25. The highest BCUT2D eigenvalue weighted by Crippen LogP contribution is 2.47. The second-order valence-electron chi connectivity index (χ2n) is 13.8. The zero-order valence-corrected chi connectivity index (χ0v) is 32.3. The summed E-state index contributed by atoms with van der Waals surface area (Å²) < 4.78 is 376. The van der Waals surface area contributed by atoms with Gasteiger partial charge in [0.2, 0.25) is 0 Å². The highest BCUT2D eigenvalue weighted by Gasteiger charge is 2.23. The van der Waals surface area contributed by atoms with Crippen molar-refractivity contribution in [3.8, 4) is 39.1 Å². The molecule has 0 atom stereocenters. The number of anilines is 3. The summed E-state index contributed by atoms with van der Waals surface area (Å²) in [6, 6.07) is -44.6. The molecule has 0 bridgehead atoms. The third-order valence-corrected chi connectivity index (χ3v) is 10.2. The van der Waals surface area contributed by atoms with Gasteiger partial charge in [-0.15, -0.1) is 0 Å². The van der Waals surface area contributed by atoms with E-state index in [4.69, 9.17) is 31.8 Å². The Bertz CT molecular complexity index is 6210. The number of fused-ring (bicyclic) bond motifs is 8. The van der Waals surface area contributed by atoms with Gasteiger partial charge in [0.15, 0.2) is 0 Å². The molecule has 0 aliphatic carbocycles. The van der Waals surface area contributed by atoms with Crippen LogP contribution in [0.3, 0.4) is 0 Å². The largest absolute Gasteiger partial charge is 0.455 e. The van der Waals surface area contributed by atoms with Crippen molar-refractivity contribution < 1.29 is 59.2 Å². The molecule has 304 valence electrons. The average molecular weight is 869 g/mol. The molecule has 0 N–H and O–H groups in total. The monoisotopic (exact) mass is 869 g/mol. The Morgan fingerprint density at radius 2 is 0.954 bits per heavy atom. The number of para-hydroxylation sites is 3. The summed E-state index contributed by atoms with van der Waals surface area (Å²) in [6.07, 6.45) is 0. The van der Waals surface area contributed by atoms with E-state index < -0.39 is 363 Å². The van der Waals surface area contributed by atoms with Gasteiger partial charge in [-0.05, 0) is 122 Å². The van der Waals surface area contributed by atoms with Crippen molar-refractivity contribution >= 4 is 82.4 Å². The van der Waals surface area contributed by atoms with Crippen molar-refractivity contribution in [1.82, 2.24) is 4.57 Å². The molecule has 11 aromatic carbocycles. The highest BCUT2D eigenvalue weighted by molar-refractivity contribution is 6.17. The lowest BCUT2D eigenvalue weighted by molar-refractivity contribution is 0.670. The van der Waals surface area contributed by atoms with E-state index in [-0.39, 0.29) is 4.90 Å². The molecule has 0 fully saturated rings. The Kier molecular flexibility index (Phi) is 3.39. The van der Waals surface area contributed by atoms with Crippen molar-refractivity contribution in [2.24, 2.45) is 0 Å². The lowest BCUT2D eigenvalue weighted by Crippen LogP contribution is -2.10. The molecule has 3 nitrogen and oxygen atoms in total. The molecular weight excluding hydrogens is 789 g/mol. The first-order valence-corrected chi connectivity index (χ1v) is 19.0. The molecule has 0 saturated heterocycles. The molecule has 13 rings (SSSR count). The maximum atomic E-state index is 10.3. The Morgan fingerprint density at radius 1 is 0.369 bits per heavy atom. The van der Waals surface area contributed by atoms with Crippen molar-refractivity contribution in [2.45, 2.75) is 0 Å². The van der Waals surface area contributed by atoms with E-state index in [2.05, 4.69) is 0 Å². The van der Waals surface area contributed by atoms with Crippen molar-refractivity contribution in [2.75, 3.05) is 4.90 Å². The lowest BCUT2D eigenvalue weighted by Gasteiger charge is -2.27. The first kappa shape index (κ1) is 14.7. The summed E-state index contributed by atoms with van der Waals surface area (Å²) in [5.41, 5.74) is -14.6. The zero-order chi connectivity index (χ0) is 77.7. The fraction of sp³-hybridized carbons (Fsp3) is 0. The van der Waals surface area contributed by atoms with Gasteiger partial charge in [0, 0.05) is 38.8 Å². The second-order valence-corrected chi connectivity index (χ2v) is 13.8. The maximum absolute atomic E-state index is 10.3. The SMILES string of the molecule is [2H]c1c([2H])c(-c2c([2H])c([2H])c(N(c3c([2H])c([2H])c(-c4c([2H])c([2H])c5c([2H])c([2H])c([2H])c([2H])c5c4[2H])c([2H])c3[2H])c3c([2H])c([2H])c(-c4c([2H])c([2H])c([2H])c5c([2H])c([2H])c([2H])c([2H])c45)c([2H])c3[2H])c3c2oc2c([2H])c([2H])c([2H])c([2H])c23)c([2H])c(-n2c3c([2H])c([2H])c([2H])c([2H])c3c3c([2H])c([2H])c([2H])c([2H])c32)c1[2H]. The van der Waals surface area contributed by atoms with Crippen molar-refractivity contribution in [1.29, 1.82) is 0 Å². The van der Waals surface area contributed by atoms with Gasteiger partial charge in [-0.2, -0.15) is 0 Å². The van der Waals surface area contributed by atoms with E-state index in [0.717, 1.165) is 0 Å². The smallest absolute Gasteiger partial charge is 0.145 e. The predicted molar refractivity (Wildman–Crippen MR) is 274 cm³/mol. The van der Waals surface area contributed by atoms with E-state index in [1.807, 2.05) is 0 Å². The summed E-state index contributed by atoms with van der Waals surface area (Å²) in [5, 5.41) is -6.02. The van der Waals surface area contributed by atoms with Crippen LogP contribution in [-0.4, -0.2) is 4.57 Å². The average Bonchev–Trinajstić information content (AvgIpc) is 1.66. The van der Waals surface area contributed by atoms with Crippen molar-refractivity contribution in [3.63, 3.8) is 0 Å². The van der Waals surface area contributed by atoms with Gasteiger partial charge < -0.3 is 13.9 Å². The molecule has 0 saturated carbocycles. The Morgan fingerprint density at radius 3 is 1.71 bits per heavy atom. The molecule has 65 heavy (non-hydrogen) atoms. The lowest BCUT2D eigenvalue weighted by atomic mass is 9.97. The molecule has 0 aliphatic rings. The number of rotatable bonds is 7. The number of benzene rings is 11. The summed E-state index contributed by atoms with van der Waals surface area (Å²) >= 11 is 0. The topological polar surface area (TPSA) is 21.3 Å². The molecular formula is C62H40N2O. The van der Waals surface area contributed by atoms with Crippen LogP contribution >= 0.6 is 0 Å². The highest BCUT2D eigenvalue weighted by atomic mass is 16.3. The van der Waals surface area contributed by atoms with Crippen molar-refractivity contribution in [3.05, 3.63) is 242 Å². The number of nitrogens with zero attached hydrogens (tertiary/aromatic N) is 2. The van der Waals surface area contributed by atoms with Crippen LogP contribution in [0.25, 0.3) is 104 Å². The van der Waals surface area contributed by atoms with Crippen LogP contribution in [0.1, 0.15) is 54.8 Å². The van der Waals surface area contributed by atoms with E-state index in [1.54, 1.807) is 0 Å². The molecule has 0 aliphatic heterocycles. The van der Waals surface area contributed by atoms with Gasteiger partial charge in [-0.25, -0.2) is 0 Å². The zero-order valence-electron chi connectivity index (χ0n) is 72.3. The van der Waals surface area contributed by atoms with Gasteiger partial charge in [-0.1, -0.05) is 169 Å². The normalized spacial score (nSPS) is 20.3. The van der Waals surface area contributed by atoms with Crippen LogP contribution in [0.2, 0.25) is 0 Å². The van der Waals surface area contributed by atoms with Crippen LogP contribution in [-0.2, 0) is 0 Å². The molecule has 2 aromatic heterocycles. The van der Waals surface area contributed by atoms with Gasteiger partial charge in [0.25, 0.3) is 0 Å². The molecule has 13 aromatic rings. The van der Waals surface area contributed by atoms with E-state index in [0.29, 0.717) is 4.57 Å². The summed E-state index contributed by atoms with van der Waals surface area (Å²) in [5.74, 6) is 0. The molecule has 2 heterocycles. The van der Waals surface area contributed by atoms with Gasteiger partial charge in [0.05, 0.1) is 76.9 Å². The predicted octanol–water partition coefficient (Wildman–Crippen LogP) is 17.5. The first-order valence-electron chi connectivity index (χ1n) is 39.0. The summed E-state index contributed by atoms with van der Waals surface area (Å²) in [4.78, 5) is 0.262. The van der Waals surface area contributed by atoms with Gasteiger partial charge in [0.1, 0.15) is 11.2 Å². The van der Waals surface area contributed by atoms with Crippen LogP contribution < -0.4 is 4.90 Å². The van der Waals surface area contributed by atoms with Crippen LogP contribution in [0.4, 0.5) is 17.1 Å². The summed E-state index contributed by atoms with van der Waals surface area (Å²) in [6.45, 7) is 0. The second kappa shape index (κ2) is 15.0.